The van der Waals surface area contributed by atoms with Gasteiger partial charge in [0, 0.05) is 0 Å². The number of esters is 1. The molecule has 0 atom stereocenters. The smallest absolute Gasteiger partial charge is 0.310 e. The predicted octanol–water partition coefficient (Wildman–Crippen LogP) is 2.53. The third kappa shape index (κ3) is 4.48. The van der Waals surface area contributed by atoms with Gasteiger partial charge >= 0.3 is 5.97 Å². The Morgan fingerprint density at radius 2 is 1.96 bits per heavy atom. The van der Waals surface area contributed by atoms with E-state index in [1.165, 1.54) is 19.2 Å². The number of phenols is 1. The van der Waals surface area contributed by atoms with Crippen molar-refractivity contribution >= 4 is 5.97 Å². The largest absolute Gasteiger partial charge is 0.504 e. The molecule has 0 saturated heterocycles. The predicted molar refractivity (Wildman–Crippen MR) is 85.3 cm³/mol. The van der Waals surface area contributed by atoms with Gasteiger partial charge < -0.3 is 19.3 Å². The molecule has 0 radical (unpaired) electrons. The molecule has 6 nitrogen and oxygen atoms in total. The molecule has 0 amide bonds. The summed E-state index contributed by atoms with van der Waals surface area (Å²) in [4.78, 5) is 11.4. The fourth-order valence-electron chi connectivity index (χ4n) is 2.09. The third-order valence-electron chi connectivity index (χ3n) is 3.30. The Balaban J connectivity index is 2.04. The molecule has 1 N–H and O–H groups in total. The summed E-state index contributed by atoms with van der Waals surface area (Å²) >= 11 is 0. The minimum Gasteiger partial charge on any atom is -0.504 e. The Hall–Kier alpha value is -3.04. The molecule has 2 aromatic rings. The van der Waals surface area contributed by atoms with Crippen LogP contribution in [0.25, 0.3) is 0 Å². The molecule has 6 heteroatoms. The first-order valence-electron chi connectivity index (χ1n) is 7.22. The van der Waals surface area contributed by atoms with E-state index in [4.69, 9.17) is 9.47 Å². The molecule has 2 aromatic carbocycles. The van der Waals surface area contributed by atoms with E-state index in [0.717, 1.165) is 5.56 Å². The Bertz CT molecular complexity index is 737. The van der Waals surface area contributed by atoms with Gasteiger partial charge in [0.15, 0.2) is 18.3 Å². The van der Waals surface area contributed by atoms with Gasteiger partial charge in [0.1, 0.15) is 11.6 Å². The number of nitriles is 1. The van der Waals surface area contributed by atoms with Gasteiger partial charge in [-0.15, -0.1) is 0 Å². The van der Waals surface area contributed by atoms with Crippen molar-refractivity contribution in [2.75, 3.05) is 13.9 Å². The van der Waals surface area contributed by atoms with E-state index in [9.17, 15) is 15.2 Å². The first-order chi connectivity index (χ1) is 11.7. The lowest BCUT2D eigenvalue weighted by Gasteiger charge is -2.12. The van der Waals surface area contributed by atoms with Crippen LogP contribution in [0, 0.1) is 11.3 Å². The Labute approximate surface area is 139 Å². The second-order valence-electron chi connectivity index (χ2n) is 4.91. The van der Waals surface area contributed by atoms with E-state index in [0.29, 0.717) is 12.2 Å². The number of carbonyl (C=O) groups excluding carboxylic acids is 1. The van der Waals surface area contributed by atoms with Crippen molar-refractivity contribution in [1.29, 1.82) is 5.26 Å². The second kappa shape index (κ2) is 8.56. The van der Waals surface area contributed by atoms with Crippen LogP contribution < -0.4 is 4.74 Å². The monoisotopic (exact) mass is 327 g/mol. The van der Waals surface area contributed by atoms with Gasteiger partial charge in [0.2, 0.25) is 0 Å². The van der Waals surface area contributed by atoms with Crippen LogP contribution in [0.2, 0.25) is 0 Å². The quantitative estimate of drug-likeness (QED) is 0.477. The van der Waals surface area contributed by atoms with Crippen LogP contribution in [-0.4, -0.2) is 25.0 Å². The van der Waals surface area contributed by atoms with E-state index < -0.39 is 5.97 Å². The molecule has 0 spiro atoms. The first kappa shape index (κ1) is 17.3. The minimum atomic E-state index is -0.483. The van der Waals surface area contributed by atoms with Gasteiger partial charge in [0.05, 0.1) is 20.1 Å². The van der Waals surface area contributed by atoms with Crippen LogP contribution in [0.3, 0.4) is 0 Å². The summed E-state index contributed by atoms with van der Waals surface area (Å²) in [6.45, 7) is 0.199. The topological polar surface area (TPSA) is 88.8 Å². The molecule has 0 fully saturated rings. The lowest BCUT2D eigenvalue weighted by molar-refractivity contribution is -0.139. The van der Waals surface area contributed by atoms with Gasteiger partial charge in [-0.3, -0.25) is 4.79 Å². The molecule has 2 rings (SSSR count). The van der Waals surface area contributed by atoms with Crippen LogP contribution in [-0.2, 0) is 27.3 Å². The Morgan fingerprint density at radius 3 is 2.62 bits per heavy atom. The minimum absolute atomic E-state index is 0.00744. The van der Waals surface area contributed by atoms with Gasteiger partial charge in [-0.1, -0.05) is 36.4 Å². The zero-order valence-electron chi connectivity index (χ0n) is 13.2. The fourth-order valence-corrected chi connectivity index (χ4v) is 2.09. The molecule has 0 bridgehead atoms. The van der Waals surface area contributed by atoms with Crippen molar-refractivity contribution in [3.05, 3.63) is 59.2 Å². The number of aromatic hydroxyl groups is 1. The summed E-state index contributed by atoms with van der Waals surface area (Å²) in [6.07, 6.45) is -0.0824. The number of nitrogens with zero attached hydrogens (tertiary/aromatic N) is 1. The van der Waals surface area contributed by atoms with E-state index in [1.54, 1.807) is 0 Å². The highest BCUT2D eigenvalue weighted by Crippen LogP contribution is 2.32. The molecular formula is C18H17NO5. The number of rotatable bonds is 7. The molecule has 0 aliphatic rings. The number of hydrogen-bond acceptors (Lipinski definition) is 6. The van der Waals surface area contributed by atoms with Gasteiger partial charge in [-0.05, 0) is 17.2 Å². The maximum Gasteiger partial charge on any atom is 0.310 e. The summed E-state index contributed by atoms with van der Waals surface area (Å²) in [5.41, 5.74) is 1.48. The molecule has 24 heavy (non-hydrogen) atoms. The number of benzene rings is 2. The van der Waals surface area contributed by atoms with Gasteiger partial charge in [0.25, 0.3) is 0 Å². The van der Waals surface area contributed by atoms with Crippen molar-refractivity contribution in [3.63, 3.8) is 0 Å². The lowest BCUT2D eigenvalue weighted by Crippen LogP contribution is -2.09. The molecule has 124 valence electrons. The first-order valence-corrected chi connectivity index (χ1v) is 7.22. The van der Waals surface area contributed by atoms with Crippen LogP contribution in [0.15, 0.2) is 42.5 Å². The molecule has 0 aliphatic carbocycles. The molecule has 0 saturated carbocycles. The van der Waals surface area contributed by atoms with Crippen molar-refractivity contribution < 1.29 is 24.1 Å². The van der Waals surface area contributed by atoms with Crippen LogP contribution in [0.1, 0.15) is 16.7 Å². The van der Waals surface area contributed by atoms with Gasteiger partial charge in [-0.2, -0.15) is 5.26 Å². The molecule has 0 heterocycles. The molecule has 0 unspecified atom stereocenters. The number of ether oxygens (including phenoxy) is 3. The maximum absolute atomic E-state index is 11.4. The lowest BCUT2D eigenvalue weighted by atomic mass is 10.0. The normalized spacial score (nSPS) is 10.0. The standard InChI is InChI=1S/C18H17NO5/c1-22-17(21)9-14-7-8-16(20)18(15(14)10-19)24-12-23-11-13-5-3-2-4-6-13/h2-8,20H,9,11-12H2,1H3. The van der Waals surface area contributed by atoms with E-state index in [-0.39, 0.29) is 30.3 Å². The fraction of sp³-hybridized carbons (Fsp3) is 0.222. The highest BCUT2D eigenvalue weighted by Gasteiger charge is 2.17. The Kier molecular flexibility index (Phi) is 6.17. The summed E-state index contributed by atoms with van der Waals surface area (Å²) in [5.74, 6) is -0.682. The number of hydrogen-bond donors (Lipinski definition) is 1. The summed E-state index contributed by atoms with van der Waals surface area (Å²) in [7, 11) is 1.27. The average Bonchev–Trinajstić information content (AvgIpc) is 2.61. The summed E-state index contributed by atoms with van der Waals surface area (Å²) < 4.78 is 15.4. The summed E-state index contributed by atoms with van der Waals surface area (Å²) in [6, 6.07) is 14.3. The Morgan fingerprint density at radius 1 is 1.21 bits per heavy atom. The average molecular weight is 327 g/mol. The number of methoxy groups -OCH3 is 1. The van der Waals surface area contributed by atoms with Crippen LogP contribution >= 0.6 is 0 Å². The maximum atomic E-state index is 11.4. The third-order valence-corrected chi connectivity index (χ3v) is 3.30. The van der Waals surface area contributed by atoms with Crippen molar-refractivity contribution in [2.24, 2.45) is 0 Å². The zero-order chi connectivity index (χ0) is 17.4. The summed E-state index contributed by atoms with van der Waals surface area (Å²) in [5, 5.41) is 19.2. The SMILES string of the molecule is COC(=O)Cc1ccc(O)c(OCOCc2ccccc2)c1C#N. The molecular weight excluding hydrogens is 310 g/mol. The van der Waals surface area contributed by atoms with E-state index in [2.05, 4.69) is 4.74 Å². The molecule has 0 aromatic heterocycles. The van der Waals surface area contributed by atoms with Crippen molar-refractivity contribution in [2.45, 2.75) is 13.0 Å². The van der Waals surface area contributed by atoms with Crippen LogP contribution in [0.5, 0.6) is 11.5 Å². The van der Waals surface area contributed by atoms with Crippen molar-refractivity contribution in [1.82, 2.24) is 0 Å². The zero-order valence-corrected chi connectivity index (χ0v) is 13.2. The van der Waals surface area contributed by atoms with Crippen molar-refractivity contribution in [3.8, 4) is 17.6 Å². The second-order valence-corrected chi connectivity index (χ2v) is 4.91. The number of carbonyl (C=O) groups is 1. The highest BCUT2D eigenvalue weighted by atomic mass is 16.7. The van der Waals surface area contributed by atoms with E-state index >= 15 is 0 Å². The van der Waals surface area contributed by atoms with Crippen LogP contribution in [0.4, 0.5) is 0 Å². The van der Waals surface area contributed by atoms with Gasteiger partial charge in [-0.25, -0.2) is 0 Å². The van der Waals surface area contributed by atoms with E-state index in [1.807, 2.05) is 36.4 Å². The highest BCUT2D eigenvalue weighted by molar-refractivity contribution is 5.74. The number of phenolic OH excluding ortho intramolecular Hbond substituents is 1. The molecule has 0 aliphatic heterocycles.